The van der Waals surface area contributed by atoms with Gasteiger partial charge in [-0.1, -0.05) is 42.0 Å². The van der Waals surface area contributed by atoms with Crippen molar-refractivity contribution in [3.63, 3.8) is 0 Å². The second kappa shape index (κ2) is 8.80. The first-order chi connectivity index (χ1) is 13.2. The van der Waals surface area contributed by atoms with Gasteiger partial charge in [0.2, 0.25) is 0 Å². The minimum Gasteiger partial charge on any atom is -0.462 e. The molecular weight excluding hydrogens is 340 g/mol. The number of rotatable bonds is 7. The average Bonchev–Trinajstić information content (AvgIpc) is 2.68. The molecule has 0 aliphatic heterocycles. The molecule has 0 radical (unpaired) electrons. The number of ether oxygens (including phenoxy) is 1. The number of nitrogens with zero attached hydrogens (tertiary/aromatic N) is 2. The average molecular weight is 362 g/mol. The first-order valence-corrected chi connectivity index (χ1v) is 8.80. The van der Waals surface area contributed by atoms with Gasteiger partial charge >= 0.3 is 5.97 Å². The van der Waals surface area contributed by atoms with E-state index in [1.54, 1.807) is 25.1 Å². The van der Waals surface area contributed by atoms with Crippen molar-refractivity contribution in [2.75, 3.05) is 17.2 Å². The van der Waals surface area contributed by atoms with Gasteiger partial charge < -0.3 is 15.4 Å². The summed E-state index contributed by atoms with van der Waals surface area (Å²) in [7, 11) is 0. The van der Waals surface area contributed by atoms with Gasteiger partial charge in [-0.3, -0.25) is 0 Å². The molecule has 1 aromatic heterocycles. The first-order valence-electron chi connectivity index (χ1n) is 8.80. The van der Waals surface area contributed by atoms with Gasteiger partial charge in [0.05, 0.1) is 17.9 Å². The Labute approximate surface area is 158 Å². The number of hydrogen-bond donors (Lipinski definition) is 2. The number of hydrogen-bond acceptors (Lipinski definition) is 6. The Morgan fingerprint density at radius 1 is 1.04 bits per heavy atom. The van der Waals surface area contributed by atoms with Gasteiger partial charge in [-0.25, -0.2) is 14.8 Å². The number of aryl methyl sites for hydroxylation is 1. The van der Waals surface area contributed by atoms with E-state index in [9.17, 15) is 4.79 Å². The quantitative estimate of drug-likeness (QED) is 0.610. The van der Waals surface area contributed by atoms with Crippen LogP contribution in [-0.4, -0.2) is 22.5 Å². The van der Waals surface area contributed by atoms with Gasteiger partial charge in [-0.2, -0.15) is 0 Å². The molecule has 1 heterocycles. The van der Waals surface area contributed by atoms with Crippen LogP contribution < -0.4 is 10.6 Å². The number of para-hydroxylation sites is 1. The molecule has 0 unspecified atom stereocenters. The number of carbonyl (C=O) groups excluding carboxylic acids is 1. The lowest BCUT2D eigenvalue weighted by Crippen LogP contribution is -2.08. The Hall–Kier alpha value is -3.41. The summed E-state index contributed by atoms with van der Waals surface area (Å²) in [6, 6.07) is 17.3. The van der Waals surface area contributed by atoms with Crippen molar-refractivity contribution in [3.05, 3.63) is 77.6 Å². The van der Waals surface area contributed by atoms with Crippen LogP contribution in [0, 0.1) is 6.92 Å². The van der Waals surface area contributed by atoms with Crippen LogP contribution in [0.15, 0.2) is 60.9 Å². The van der Waals surface area contributed by atoms with Gasteiger partial charge in [0.1, 0.15) is 18.0 Å². The lowest BCUT2D eigenvalue weighted by Gasteiger charge is -2.12. The van der Waals surface area contributed by atoms with Crippen LogP contribution in [0.3, 0.4) is 0 Å². The van der Waals surface area contributed by atoms with E-state index in [-0.39, 0.29) is 5.97 Å². The van der Waals surface area contributed by atoms with Crippen LogP contribution in [0.4, 0.5) is 17.3 Å². The van der Waals surface area contributed by atoms with Crippen molar-refractivity contribution in [1.29, 1.82) is 0 Å². The SMILES string of the molecule is CCOC(=O)c1ccccc1Nc1cc(NCc2ccc(C)cc2)ncn1. The third-order valence-corrected chi connectivity index (χ3v) is 3.95. The fraction of sp³-hybridized carbons (Fsp3) is 0.190. The molecule has 0 saturated carbocycles. The predicted molar refractivity (Wildman–Crippen MR) is 106 cm³/mol. The maximum atomic E-state index is 12.1. The van der Waals surface area contributed by atoms with E-state index in [0.717, 1.165) is 0 Å². The zero-order valence-electron chi connectivity index (χ0n) is 15.4. The van der Waals surface area contributed by atoms with Crippen molar-refractivity contribution < 1.29 is 9.53 Å². The molecule has 0 spiro atoms. The third kappa shape index (κ3) is 5.04. The fourth-order valence-electron chi connectivity index (χ4n) is 2.54. The molecular formula is C21H22N4O2. The van der Waals surface area contributed by atoms with E-state index in [2.05, 4.69) is 51.8 Å². The van der Waals surface area contributed by atoms with E-state index in [1.807, 2.05) is 12.1 Å². The van der Waals surface area contributed by atoms with Crippen molar-refractivity contribution in [3.8, 4) is 0 Å². The maximum absolute atomic E-state index is 12.1. The highest BCUT2D eigenvalue weighted by Crippen LogP contribution is 2.21. The molecule has 2 N–H and O–H groups in total. The summed E-state index contributed by atoms with van der Waals surface area (Å²) >= 11 is 0. The second-order valence-electron chi connectivity index (χ2n) is 6.02. The number of benzene rings is 2. The standard InChI is InChI=1S/C21H22N4O2/c1-3-27-21(26)17-6-4-5-7-18(17)25-20-12-19(23-14-24-20)22-13-16-10-8-15(2)9-11-16/h4-12,14H,3,13H2,1-2H3,(H2,22,23,24,25). The summed E-state index contributed by atoms with van der Waals surface area (Å²) in [5.41, 5.74) is 3.50. The number of nitrogens with one attached hydrogen (secondary N) is 2. The van der Waals surface area contributed by atoms with Crippen LogP contribution in [0.5, 0.6) is 0 Å². The Morgan fingerprint density at radius 2 is 1.78 bits per heavy atom. The Balaban J connectivity index is 1.71. The summed E-state index contributed by atoms with van der Waals surface area (Å²) in [4.78, 5) is 20.6. The Bertz CT molecular complexity index is 910. The van der Waals surface area contributed by atoms with Crippen LogP contribution in [0.1, 0.15) is 28.4 Å². The molecule has 2 aromatic carbocycles. The molecule has 3 rings (SSSR count). The number of aromatic nitrogens is 2. The zero-order valence-corrected chi connectivity index (χ0v) is 15.4. The normalized spacial score (nSPS) is 10.3. The highest BCUT2D eigenvalue weighted by Gasteiger charge is 2.12. The topological polar surface area (TPSA) is 76.1 Å². The molecule has 0 bridgehead atoms. The molecule has 6 nitrogen and oxygen atoms in total. The highest BCUT2D eigenvalue weighted by atomic mass is 16.5. The first kappa shape index (κ1) is 18.4. The minimum atomic E-state index is -0.368. The summed E-state index contributed by atoms with van der Waals surface area (Å²) in [6.07, 6.45) is 1.48. The lowest BCUT2D eigenvalue weighted by molar-refractivity contribution is 0.0527. The van der Waals surface area contributed by atoms with E-state index in [0.29, 0.717) is 36.0 Å². The number of esters is 1. The van der Waals surface area contributed by atoms with Crippen LogP contribution in [0.25, 0.3) is 0 Å². The molecule has 0 atom stereocenters. The van der Waals surface area contributed by atoms with Gasteiger partial charge in [0, 0.05) is 12.6 Å². The number of carbonyl (C=O) groups is 1. The van der Waals surface area contributed by atoms with Crippen LogP contribution >= 0.6 is 0 Å². The Kier molecular flexibility index (Phi) is 5.99. The molecule has 0 aliphatic carbocycles. The summed E-state index contributed by atoms with van der Waals surface area (Å²) < 4.78 is 5.10. The van der Waals surface area contributed by atoms with Gasteiger partial charge in [-0.15, -0.1) is 0 Å². The van der Waals surface area contributed by atoms with Crippen molar-refractivity contribution in [2.24, 2.45) is 0 Å². The highest BCUT2D eigenvalue weighted by molar-refractivity contribution is 5.96. The Morgan fingerprint density at radius 3 is 2.56 bits per heavy atom. The zero-order chi connectivity index (χ0) is 19.1. The van der Waals surface area contributed by atoms with Crippen molar-refractivity contribution in [2.45, 2.75) is 20.4 Å². The largest absolute Gasteiger partial charge is 0.462 e. The van der Waals surface area contributed by atoms with E-state index in [4.69, 9.17) is 4.74 Å². The van der Waals surface area contributed by atoms with Gasteiger partial charge in [0.15, 0.2) is 0 Å². The molecule has 0 fully saturated rings. The van der Waals surface area contributed by atoms with E-state index in [1.165, 1.54) is 17.5 Å². The van der Waals surface area contributed by atoms with Crippen molar-refractivity contribution >= 4 is 23.3 Å². The molecule has 6 heteroatoms. The molecule has 27 heavy (non-hydrogen) atoms. The fourth-order valence-corrected chi connectivity index (χ4v) is 2.54. The minimum absolute atomic E-state index is 0.327. The smallest absolute Gasteiger partial charge is 0.340 e. The second-order valence-corrected chi connectivity index (χ2v) is 6.02. The van der Waals surface area contributed by atoms with Gasteiger partial charge in [0.25, 0.3) is 0 Å². The van der Waals surface area contributed by atoms with Crippen LogP contribution in [0.2, 0.25) is 0 Å². The monoisotopic (exact) mass is 362 g/mol. The summed E-state index contributed by atoms with van der Waals surface area (Å²) in [5, 5.41) is 6.45. The molecule has 0 aliphatic rings. The third-order valence-electron chi connectivity index (χ3n) is 3.95. The summed E-state index contributed by atoms with van der Waals surface area (Å²) in [5.74, 6) is 0.919. The van der Waals surface area contributed by atoms with Gasteiger partial charge in [-0.05, 0) is 31.5 Å². The predicted octanol–water partition coefficient (Wildman–Crippen LogP) is 4.32. The lowest BCUT2D eigenvalue weighted by atomic mass is 10.1. The molecule has 0 amide bonds. The van der Waals surface area contributed by atoms with Crippen molar-refractivity contribution in [1.82, 2.24) is 9.97 Å². The van der Waals surface area contributed by atoms with E-state index < -0.39 is 0 Å². The van der Waals surface area contributed by atoms with E-state index >= 15 is 0 Å². The number of anilines is 3. The molecule has 138 valence electrons. The molecule has 0 saturated heterocycles. The summed E-state index contributed by atoms with van der Waals surface area (Å²) in [6.45, 7) is 4.84. The maximum Gasteiger partial charge on any atom is 0.340 e. The molecule has 3 aromatic rings. The van der Waals surface area contributed by atoms with Crippen LogP contribution in [-0.2, 0) is 11.3 Å².